The highest BCUT2D eigenvalue weighted by Gasteiger charge is 2.29. The van der Waals surface area contributed by atoms with Gasteiger partial charge in [0.1, 0.15) is 6.10 Å². The van der Waals surface area contributed by atoms with Crippen molar-refractivity contribution in [1.82, 2.24) is 5.32 Å². The lowest BCUT2D eigenvalue weighted by Gasteiger charge is -2.14. The van der Waals surface area contributed by atoms with Gasteiger partial charge < -0.3 is 25.3 Å². The van der Waals surface area contributed by atoms with Crippen LogP contribution in [0.2, 0.25) is 0 Å². The van der Waals surface area contributed by atoms with Gasteiger partial charge in [-0.1, -0.05) is 6.07 Å². The molecular formula is C15H20F2N2O4. The summed E-state index contributed by atoms with van der Waals surface area (Å²) < 4.78 is 39.6. The maximum atomic E-state index is 12.4. The Morgan fingerprint density at radius 1 is 1.43 bits per heavy atom. The number of benzene rings is 1. The van der Waals surface area contributed by atoms with E-state index in [4.69, 9.17) is 15.2 Å². The summed E-state index contributed by atoms with van der Waals surface area (Å²) in [5.74, 6) is -0.118. The van der Waals surface area contributed by atoms with Crippen LogP contribution in [0.4, 0.5) is 8.78 Å². The monoisotopic (exact) mass is 330 g/mol. The van der Waals surface area contributed by atoms with Gasteiger partial charge in [0.2, 0.25) is 5.91 Å². The number of nitrogens with one attached hydrogen (secondary N) is 1. The van der Waals surface area contributed by atoms with Crippen molar-refractivity contribution in [2.75, 3.05) is 13.7 Å². The third-order valence-electron chi connectivity index (χ3n) is 3.57. The lowest BCUT2D eigenvalue weighted by Crippen LogP contribution is -2.35. The summed E-state index contributed by atoms with van der Waals surface area (Å²) >= 11 is 0. The summed E-state index contributed by atoms with van der Waals surface area (Å²) in [6.45, 7) is -2.39. The standard InChI is InChI=1S/C15H20F2N2O4/c1-21-11-4-2-9(6-13(11)23-15(16)17)8-19-14(20)12-5-3-10(7-18)22-12/h2,4,6,10,12,15H,3,5,7-8,18H2,1H3,(H,19,20)/t10-,12+/m1/s1. The molecule has 0 spiro atoms. The van der Waals surface area contributed by atoms with Gasteiger partial charge in [0.05, 0.1) is 13.2 Å². The molecule has 128 valence electrons. The summed E-state index contributed by atoms with van der Waals surface area (Å²) in [7, 11) is 1.36. The molecule has 8 heteroatoms. The molecule has 23 heavy (non-hydrogen) atoms. The second kappa shape index (κ2) is 8.07. The van der Waals surface area contributed by atoms with Gasteiger partial charge in [-0.2, -0.15) is 8.78 Å². The number of rotatable bonds is 7. The van der Waals surface area contributed by atoms with Crippen molar-refractivity contribution in [3.8, 4) is 11.5 Å². The number of halogens is 2. The quantitative estimate of drug-likeness (QED) is 0.790. The van der Waals surface area contributed by atoms with E-state index < -0.39 is 12.7 Å². The summed E-state index contributed by atoms with van der Waals surface area (Å²) in [5, 5.41) is 2.71. The summed E-state index contributed by atoms with van der Waals surface area (Å²) in [6, 6.07) is 4.58. The van der Waals surface area contributed by atoms with Gasteiger partial charge in [-0.05, 0) is 30.5 Å². The Morgan fingerprint density at radius 3 is 2.83 bits per heavy atom. The predicted molar refractivity (Wildman–Crippen MR) is 78.4 cm³/mol. The Kier molecular flexibility index (Phi) is 6.12. The minimum atomic E-state index is -2.95. The smallest absolute Gasteiger partial charge is 0.387 e. The molecule has 0 aliphatic carbocycles. The van der Waals surface area contributed by atoms with Crippen molar-refractivity contribution in [2.45, 2.75) is 38.2 Å². The fraction of sp³-hybridized carbons (Fsp3) is 0.533. The number of methoxy groups -OCH3 is 1. The van der Waals surface area contributed by atoms with Crippen molar-refractivity contribution in [3.05, 3.63) is 23.8 Å². The molecular weight excluding hydrogens is 310 g/mol. The van der Waals surface area contributed by atoms with Crippen molar-refractivity contribution in [1.29, 1.82) is 0 Å². The molecule has 3 N–H and O–H groups in total. The third-order valence-corrected chi connectivity index (χ3v) is 3.57. The van der Waals surface area contributed by atoms with Gasteiger partial charge in [0.25, 0.3) is 0 Å². The zero-order valence-corrected chi connectivity index (χ0v) is 12.8. The molecule has 1 amide bonds. The SMILES string of the molecule is COc1ccc(CNC(=O)[C@@H]2CC[C@H](CN)O2)cc1OC(F)F. The number of hydrogen-bond acceptors (Lipinski definition) is 5. The van der Waals surface area contributed by atoms with Crippen molar-refractivity contribution in [3.63, 3.8) is 0 Å². The van der Waals surface area contributed by atoms with E-state index in [2.05, 4.69) is 10.1 Å². The molecule has 1 aromatic rings. The third kappa shape index (κ3) is 4.77. The van der Waals surface area contributed by atoms with Crippen molar-refractivity contribution >= 4 is 5.91 Å². The molecule has 0 aromatic heterocycles. The van der Waals surface area contributed by atoms with Gasteiger partial charge >= 0.3 is 6.61 Å². The molecule has 0 unspecified atom stereocenters. The van der Waals surface area contributed by atoms with Crippen LogP contribution in [0.3, 0.4) is 0 Å². The average molecular weight is 330 g/mol. The molecule has 6 nitrogen and oxygen atoms in total. The van der Waals surface area contributed by atoms with Crippen molar-refractivity contribution in [2.24, 2.45) is 5.73 Å². The number of ether oxygens (including phenoxy) is 3. The number of hydrogen-bond donors (Lipinski definition) is 2. The molecule has 1 fully saturated rings. The molecule has 1 saturated heterocycles. The van der Waals surface area contributed by atoms with E-state index in [1.165, 1.54) is 19.2 Å². The maximum Gasteiger partial charge on any atom is 0.387 e. The van der Waals surface area contributed by atoms with E-state index in [1.54, 1.807) is 6.07 Å². The van der Waals surface area contributed by atoms with Crippen molar-refractivity contribution < 1.29 is 27.8 Å². The highest BCUT2D eigenvalue weighted by Crippen LogP contribution is 2.29. The van der Waals surface area contributed by atoms with E-state index in [0.29, 0.717) is 18.5 Å². The lowest BCUT2D eigenvalue weighted by molar-refractivity contribution is -0.132. The average Bonchev–Trinajstić information content (AvgIpc) is 3.01. The lowest BCUT2D eigenvalue weighted by atomic mass is 10.1. The van der Waals surface area contributed by atoms with Crippen LogP contribution in [0, 0.1) is 0 Å². The molecule has 2 atom stereocenters. The van der Waals surface area contributed by atoms with E-state index >= 15 is 0 Å². The van der Waals surface area contributed by atoms with Crippen LogP contribution < -0.4 is 20.5 Å². The van der Waals surface area contributed by atoms with E-state index in [1.807, 2.05) is 0 Å². The minimum Gasteiger partial charge on any atom is -0.493 e. The molecule has 0 bridgehead atoms. The zero-order valence-electron chi connectivity index (χ0n) is 12.8. The van der Waals surface area contributed by atoms with Crippen LogP contribution in [0.1, 0.15) is 18.4 Å². The second-order valence-corrected chi connectivity index (χ2v) is 5.14. The summed E-state index contributed by atoms with van der Waals surface area (Å²) in [5.41, 5.74) is 6.12. The van der Waals surface area contributed by atoms with Crippen LogP contribution in [0.25, 0.3) is 0 Å². The highest BCUT2D eigenvalue weighted by molar-refractivity contribution is 5.81. The minimum absolute atomic E-state index is 0.0745. The van der Waals surface area contributed by atoms with Gasteiger partial charge in [0.15, 0.2) is 11.5 Å². The van der Waals surface area contributed by atoms with E-state index in [9.17, 15) is 13.6 Å². The molecule has 2 rings (SSSR count). The topological polar surface area (TPSA) is 82.8 Å². The largest absolute Gasteiger partial charge is 0.493 e. The van der Waals surface area contributed by atoms with Gasteiger partial charge in [0, 0.05) is 13.1 Å². The molecule has 0 radical (unpaired) electrons. The normalized spacial score (nSPS) is 20.6. The first-order chi connectivity index (χ1) is 11.0. The highest BCUT2D eigenvalue weighted by atomic mass is 19.3. The van der Waals surface area contributed by atoms with Gasteiger partial charge in [-0.3, -0.25) is 4.79 Å². The van der Waals surface area contributed by atoms with E-state index in [0.717, 1.165) is 6.42 Å². The molecule has 1 aliphatic rings. The number of nitrogens with two attached hydrogens (primary N) is 1. The molecule has 0 saturated carbocycles. The Bertz CT molecular complexity index is 542. The Balaban J connectivity index is 1.93. The fourth-order valence-electron chi connectivity index (χ4n) is 2.39. The number of carbonyl (C=O) groups is 1. The number of carbonyl (C=O) groups excluding carboxylic acids is 1. The number of amides is 1. The second-order valence-electron chi connectivity index (χ2n) is 5.14. The molecule has 1 heterocycles. The first kappa shape index (κ1) is 17.4. The molecule has 1 aliphatic heterocycles. The summed E-state index contributed by atoms with van der Waals surface area (Å²) in [6.07, 6.45) is 0.774. The maximum absolute atomic E-state index is 12.4. The van der Waals surface area contributed by atoms with Crippen LogP contribution in [-0.4, -0.2) is 38.4 Å². The summed E-state index contributed by atoms with van der Waals surface area (Å²) in [4.78, 5) is 12.0. The Morgan fingerprint density at radius 2 is 2.22 bits per heavy atom. The first-order valence-corrected chi connectivity index (χ1v) is 7.28. The van der Waals surface area contributed by atoms with E-state index in [-0.39, 0.29) is 30.1 Å². The Labute approximate surface area is 132 Å². The first-order valence-electron chi connectivity index (χ1n) is 7.28. The Hall–Kier alpha value is -1.93. The van der Waals surface area contributed by atoms with Gasteiger partial charge in [-0.25, -0.2) is 0 Å². The van der Waals surface area contributed by atoms with Crippen LogP contribution in [0.5, 0.6) is 11.5 Å². The number of alkyl halides is 2. The van der Waals surface area contributed by atoms with Crippen LogP contribution in [0.15, 0.2) is 18.2 Å². The zero-order chi connectivity index (χ0) is 16.8. The predicted octanol–water partition coefficient (Wildman–Crippen LogP) is 1.42. The fourth-order valence-corrected chi connectivity index (χ4v) is 2.39. The molecule has 1 aromatic carbocycles. The van der Waals surface area contributed by atoms with Crippen LogP contribution in [-0.2, 0) is 16.1 Å². The van der Waals surface area contributed by atoms with Crippen LogP contribution >= 0.6 is 0 Å². The van der Waals surface area contributed by atoms with Gasteiger partial charge in [-0.15, -0.1) is 0 Å².